The van der Waals surface area contributed by atoms with Crippen molar-refractivity contribution in [3.05, 3.63) is 34.9 Å². The molecule has 0 amide bonds. The van der Waals surface area contributed by atoms with E-state index in [1.165, 1.54) is 30.1 Å². The van der Waals surface area contributed by atoms with Gasteiger partial charge in [-0.15, -0.1) is 0 Å². The molecule has 94 valence electrons. The summed E-state index contributed by atoms with van der Waals surface area (Å²) in [4.78, 5) is 10.5. The Kier molecular flexibility index (Phi) is 4.33. The van der Waals surface area contributed by atoms with Gasteiger partial charge in [-0.2, -0.15) is 0 Å². The van der Waals surface area contributed by atoms with Gasteiger partial charge in [0.1, 0.15) is 0 Å². The molecule has 1 rings (SSSR count). The van der Waals surface area contributed by atoms with Crippen molar-refractivity contribution < 1.29 is 9.90 Å². The Morgan fingerprint density at radius 2 is 2.06 bits per heavy atom. The van der Waals surface area contributed by atoms with Gasteiger partial charge in [-0.05, 0) is 49.7 Å². The third kappa shape index (κ3) is 3.88. The van der Waals surface area contributed by atoms with Crippen molar-refractivity contribution in [3.63, 3.8) is 0 Å². The van der Waals surface area contributed by atoms with Crippen molar-refractivity contribution in [2.45, 2.75) is 47.0 Å². The van der Waals surface area contributed by atoms with Crippen molar-refractivity contribution in [1.82, 2.24) is 0 Å². The molecule has 0 aliphatic heterocycles. The standard InChI is InChI=1S/C15H22O2/c1-11(10-14(16)17)7-8-13-12(2)6-5-9-15(13,3)4/h7-8,10H,5-6,9H2,1-4H3,(H,16,17). The minimum absolute atomic E-state index is 0.211. The van der Waals surface area contributed by atoms with Crippen LogP contribution >= 0.6 is 0 Å². The number of aliphatic carboxylic acids is 1. The zero-order valence-electron chi connectivity index (χ0n) is 11.2. The summed E-state index contributed by atoms with van der Waals surface area (Å²) in [6.45, 7) is 8.50. The third-order valence-electron chi connectivity index (χ3n) is 3.41. The van der Waals surface area contributed by atoms with E-state index in [0.717, 1.165) is 12.0 Å². The molecule has 1 N–H and O–H groups in total. The predicted molar refractivity (Wildman–Crippen MR) is 70.9 cm³/mol. The molecule has 17 heavy (non-hydrogen) atoms. The number of rotatable bonds is 3. The van der Waals surface area contributed by atoms with E-state index in [2.05, 4.69) is 26.8 Å². The zero-order chi connectivity index (χ0) is 13.1. The monoisotopic (exact) mass is 234 g/mol. The van der Waals surface area contributed by atoms with Gasteiger partial charge >= 0.3 is 5.97 Å². The van der Waals surface area contributed by atoms with Crippen LogP contribution in [0.3, 0.4) is 0 Å². The molecule has 0 bridgehead atoms. The average Bonchev–Trinajstić information content (AvgIpc) is 2.14. The van der Waals surface area contributed by atoms with Gasteiger partial charge in [-0.25, -0.2) is 4.79 Å². The number of hydrogen-bond donors (Lipinski definition) is 1. The maximum absolute atomic E-state index is 10.5. The zero-order valence-corrected chi connectivity index (χ0v) is 11.2. The number of carbonyl (C=O) groups is 1. The summed E-state index contributed by atoms with van der Waals surface area (Å²) in [5.41, 5.74) is 3.78. The van der Waals surface area contributed by atoms with E-state index in [4.69, 9.17) is 5.11 Å². The molecule has 0 atom stereocenters. The third-order valence-corrected chi connectivity index (χ3v) is 3.41. The molecule has 0 heterocycles. The molecule has 0 aromatic carbocycles. The van der Waals surface area contributed by atoms with Crippen LogP contribution in [-0.2, 0) is 4.79 Å². The second-order valence-electron chi connectivity index (χ2n) is 5.49. The van der Waals surface area contributed by atoms with Crippen molar-refractivity contribution in [1.29, 1.82) is 0 Å². The number of allylic oxidation sites excluding steroid dienone is 5. The molecule has 1 aliphatic carbocycles. The number of carboxylic acid groups (broad SMARTS) is 1. The van der Waals surface area contributed by atoms with Crippen LogP contribution in [0.5, 0.6) is 0 Å². The summed E-state index contributed by atoms with van der Waals surface area (Å²) in [6.07, 6.45) is 8.84. The van der Waals surface area contributed by atoms with Crippen molar-refractivity contribution in [2.24, 2.45) is 5.41 Å². The van der Waals surface area contributed by atoms with Crippen LogP contribution in [-0.4, -0.2) is 11.1 Å². The van der Waals surface area contributed by atoms with E-state index in [1.807, 2.05) is 13.0 Å². The van der Waals surface area contributed by atoms with E-state index in [-0.39, 0.29) is 5.41 Å². The first-order valence-corrected chi connectivity index (χ1v) is 6.12. The van der Waals surface area contributed by atoms with Gasteiger partial charge in [-0.1, -0.05) is 31.6 Å². The Balaban J connectivity index is 2.93. The lowest BCUT2D eigenvalue weighted by molar-refractivity contribution is -0.131. The highest BCUT2D eigenvalue weighted by Crippen LogP contribution is 2.40. The van der Waals surface area contributed by atoms with E-state index < -0.39 is 5.97 Å². The molecule has 0 saturated carbocycles. The SMILES string of the molecule is CC(C=CC1=C(C)CCCC1(C)C)=CC(=O)O. The second kappa shape index (κ2) is 5.35. The second-order valence-corrected chi connectivity index (χ2v) is 5.49. The van der Waals surface area contributed by atoms with Crippen molar-refractivity contribution in [3.8, 4) is 0 Å². The Hall–Kier alpha value is -1.31. The molecular formula is C15H22O2. The fourth-order valence-corrected chi connectivity index (χ4v) is 2.47. The summed E-state index contributed by atoms with van der Waals surface area (Å²) >= 11 is 0. The van der Waals surface area contributed by atoms with E-state index in [0.29, 0.717) is 0 Å². The van der Waals surface area contributed by atoms with E-state index in [1.54, 1.807) is 0 Å². The molecule has 0 aromatic rings. The molecule has 0 aromatic heterocycles. The van der Waals surface area contributed by atoms with Crippen LogP contribution in [0.25, 0.3) is 0 Å². The van der Waals surface area contributed by atoms with Gasteiger partial charge in [0, 0.05) is 6.08 Å². The van der Waals surface area contributed by atoms with E-state index >= 15 is 0 Å². The summed E-state index contributed by atoms with van der Waals surface area (Å²) in [5.74, 6) is -0.888. The minimum Gasteiger partial charge on any atom is -0.478 e. The molecule has 2 nitrogen and oxygen atoms in total. The Bertz CT molecular complexity index is 395. The van der Waals surface area contributed by atoms with Gasteiger partial charge in [0.05, 0.1) is 0 Å². The van der Waals surface area contributed by atoms with Crippen LogP contribution < -0.4 is 0 Å². The fraction of sp³-hybridized carbons (Fsp3) is 0.533. The topological polar surface area (TPSA) is 37.3 Å². The minimum atomic E-state index is -0.888. The molecule has 2 heteroatoms. The number of carboxylic acids is 1. The van der Waals surface area contributed by atoms with Crippen LogP contribution in [0.15, 0.2) is 34.9 Å². The van der Waals surface area contributed by atoms with Crippen molar-refractivity contribution in [2.75, 3.05) is 0 Å². The van der Waals surface area contributed by atoms with Crippen LogP contribution in [0.4, 0.5) is 0 Å². The molecule has 0 saturated heterocycles. The van der Waals surface area contributed by atoms with Crippen molar-refractivity contribution >= 4 is 5.97 Å². The summed E-state index contributed by atoms with van der Waals surface area (Å²) in [7, 11) is 0. The molecule has 0 unspecified atom stereocenters. The quantitative estimate of drug-likeness (QED) is 0.589. The van der Waals surface area contributed by atoms with Crippen LogP contribution in [0.1, 0.15) is 47.0 Å². The van der Waals surface area contributed by atoms with E-state index in [9.17, 15) is 4.79 Å². The predicted octanol–water partition coefficient (Wildman–Crippen LogP) is 4.10. The number of hydrogen-bond acceptors (Lipinski definition) is 1. The average molecular weight is 234 g/mol. The maximum Gasteiger partial charge on any atom is 0.328 e. The molecular weight excluding hydrogens is 212 g/mol. The summed E-state index contributed by atoms with van der Waals surface area (Å²) < 4.78 is 0. The van der Waals surface area contributed by atoms with Gasteiger partial charge in [0.2, 0.25) is 0 Å². The Morgan fingerprint density at radius 3 is 2.59 bits per heavy atom. The normalized spacial score (nSPS) is 21.1. The lowest BCUT2D eigenvalue weighted by atomic mass is 9.72. The molecule has 0 radical (unpaired) electrons. The first kappa shape index (κ1) is 13.8. The van der Waals surface area contributed by atoms with Gasteiger partial charge < -0.3 is 5.11 Å². The van der Waals surface area contributed by atoms with Gasteiger partial charge in [0.15, 0.2) is 0 Å². The molecule has 0 fully saturated rings. The highest BCUT2D eigenvalue weighted by atomic mass is 16.4. The maximum atomic E-state index is 10.5. The van der Waals surface area contributed by atoms with Crippen LogP contribution in [0.2, 0.25) is 0 Å². The lowest BCUT2D eigenvalue weighted by Gasteiger charge is -2.32. The Morgan fingerprint density at radius 1 is 1.41 bits per heavy atom. The summed E-state index contributed by atoms with van der Waals surface area (Å²) in [6, 6.07) is 0. The Labute approximate surface area is 104 Å². The molecule has 0 spiro atoms. The van der Waals surface area contributed by atoms with Gasteiger partial charge in [-0.3, -0.25) is 0 Å². The van der Waals surface area contributed by atoms with Crippen LogP contribution in [0, 0.1) is 5.41 Å². The highest BCUT2D eigenvalue weighted by molar-refractivity contribution is 5.81. The lowest BCUT2D eigenvalue weighted by Crippen LogP contribution is -2.19. The first-order valence-electron chi connectivity index (χ1n) is 6.12. The van der Waals surface area contributed by atoms with Gasteiger partial charge in [0.25, 0.3) is 0 Å². The largest absolute Gasteiger partial charge is 0.478 e. The first-order chi connectivity index (χ1) is 7.83. The summed E-state index contributed by atoms with van der Waals surface area (Å²) in [5, 5.41) is 8.65. The fourth-order valence-electron chi connectivity index (χ4n) is 2.47. The highest BCUT2D eigenvalue weighted by Gasteiger charge is 2.26. The molecule has 1 aliphatic rings. The smallest absolute Gasteiger partial charge is 0.328 e.